The molecule has 1 aromatic rings. The Hall–Kier alpha value is -1.20. The summed E-state index contributed by atoms with van der Waals surface area (Å²) in [5.74, 6) is -0.194. The molecule has 4 nitrogen and oxygen atoms in total. The number of carbonyl (C=O) groups excluding carboxylic acids is 2. The Labute approximate surface area is 128 Å². The molecule has 2 rings (SSSR count). The largest absolute Gasteiger partial charge is 0.359 e. The van der Waals surface area contributed by atoms with Crippen LogP contribution in [0.3, 0.4) is 0 Å². The van der Waals surface area contributed by atoms with Gasteiger partial charge in [-0.1, -0.05) is 11.6 Å². The average Bonchev–Trinajstić information content (AvgIpc) is 2.83. The molecule has 6 heteroatoms. The molecule has 0 saturated carbocycles. The normalized spacial score (nSPS) is 21.9. The Morgan fingerprint density at radius 3 is 2.80 bits per heavy atom. The molecule has 1 unspecified atom stereocenters. The van der Waals surface area contributed by atoms with Gasteiger partial charge in [-0.2, -0.15) is 0 Å². The van der Waals surface area contributed by atoms with E-state index in [2.05, 4.69) is 17.9 Å². The van der Waals surface area contributed by atoms with Gasteiger partial charge < -0.3 is 10.2 Å². The lowest BCUT2D eigenvalue weighted by Gasteiger charge is -2.23. The summed E-state index contributed by atoms with van der Waals surface area (Å²) in [6, 6.07) is 5.05. The molecule has 1 aliphatic heterocycles. The number of hydrogen-bond acceptors (Lipinski definition) is 3. The zero-order valence-corrected chi connectivity index (χ0v) is 13.1. The Bertz CT molecular complexity index is 564. The Kier molecular flexibility index (Phi) is 4.30. The molecule has 1 fully saturated rings. The summed E-state index contributed by atoms with van der Waals surface area (Å²) in [5.41, 5.74) is -0.101. The lowest BCUT2D eigenvalue weighted by molar-refractivity contribution is -0.128. The predicted octanol–water partition coefficient (Wildman–Crippen LogP) is 2.23. The summed E-state index contributed by atoms with van der Waals surface area (Å²) in [5, 5.41) is 3.06. The number of amides is 2. The van der Waals surface area contributed by atoms with E-state index in [1.54, 1.807) is 30.1 Å². The topological polar surface area (TPSA) is 49.4 Å². The highest BCUT2D eigenvalue weighted by molar-refractivity contribution is 7.80. The maximum absolute atomic E-state index is 12.5. The van der Waals surface area contributed by atoms with Crippen LogP contribution >= 0.6 is 24.2 Å². The summed E-state index contributed by atoms with van der Waals surface area (Å²) in [6.07, 6.45) is 0.649. The van der Waals surface area contributed by atoms with Crippen molar-refractivity contribution in [1.82, 2.24) is 10.2 Å². The number of thiol groups is 1. The fourth-order valence-electron chi connectivity index (χ4n) is 2.47. The van der Waals surface area contributed by atoms with Crippen LogP contribution < -0.4 is 5.32 Å². The van der Waals surface area contributed by atoms with Gasteiger partial charge in [0.05, 0.1) is 16.0 Å². The molecule has 2 amide bonds. The maximum atomic E-state index is 12.5. The second kappa shape index (κ2) is 5.66. The number of rotatable bonds is 2. The molecule has 1 N–H and O–H groups in total. The third kappa shape index (κ3) is 2.79. The quantitative estimate of drug-likeness (QED) is 0.823. The van der Waals surface area contributed by atoms with Gasteiger partial charge in [-0.3, -0.25) is 9.59 Å². The summed E-state index contributed by atoms with van der Waals surface area (Å²) in [4.78, 5) is 26.7. The van der Waals surface area contributed by atoms with E-state index in [-0.39, 0.29) is 11.8 Å². The number of likely N-dealkylation sites (tertiary alicyclic amines) is 1. The smallest absolute Gasteiger partial charge is 0.255 e. The summed E-state index contributed by atoms with van der Waals surface area (Å²) in [6.45, 7) is 2.82. The zero-order chi connectivity index (χ0) is 14.9. The van der Waals surface area contributed by atoms with E-state index in [4.69, 9.17) is 11.6 Å². The van der Waals surface area contributed by atoms with E-state index >= 15 is 0 Å². The molecule has 1 atom stereocenters. The molecule has 1 aliphatic rings. The van der Waals surface area contributed by atoms with Crippen molar-refractivity contribution in [2.75, 3.05) is 20.1 Å². The third-order valence-electron chi connectivity index (χ3n) is 3.72. The van der Waals surface area contributed by atoms with Gasteiger partial charge in [0, 0.05) is 25.0 Å². The summed E-state index contributed by atoms with van der Waals surface area (Å²) >= 11 is 10.3. The van der Waals surface area contributed by atoms with Crippen molar-refractivity contribution in [1.29, 1.82) is 0 Å². The summed E-state index contributed by atoms with van der Waals surface area (Å²) in [7, 11) is 1.61. The molecular weight excluding hydrogens is 296 g/mol. The van der Waals surface area contributed by atoms with E-state index < -0.39 is 5.41 Å². The van der Waals surface area contributed by atoms with Crippen LogP contribution in [-0.2, 0) is 4.79 Å². The highest BCUT2D eigenvalue weighted by Crippen LogP contribution is 2.32. The Morgan fingerprint density at radius 1 is 1.45 bits per heavy atom. The van der Waals surface area contributed by atoms with Crippen LogP contribution in [0, 0.1) is 5.41 Å². The molecule has 108 valence electrons. The third-order valence-corrected chi connectivity index (χ3v) is 4.32. The first-order valence-corrected chi connectivity index (χ1v) is 7.20. The number of halogens is 1. The fraction of sp³-hybridized carbons (Fsp3) is 0.429. The highest BCUT2D eigenvalue weighted by Gasteiger charge is 2.41. The van der Waals surface area contributed by atoms with Crippen molar-refractivity contribution in [2.24, 2.45) is 5.41 Å². The van der Waals surface area contributed by atoms with Crippen molar-refractivity contribution in [3.63, 3.8) is 0 Å². The van der Waals surface area contributed by atoms with E-state index in [1.807, 2.05) is 6.92 Å². The molecule has 0 spiro atoms. The van der Waals surface area contributed by atoms with Crippen LogP contribution in [-0.4, -0.2) is 36.9 Å². The zero-order valence-electron chi connectivity index (χ0n) is 11.4. The maximum Gasteiger partial charge on any atom is 0.255 e. The summed E-state index contributed by atoms with van der Waals surface area (Å²) < 4.78 is 0. The van der Waals surface area contributed by atoms with Crippen LogP contribution in [0.1, 0.15) is 23.7 Å². The second-order valence-corrected chi connectivity index (χ2v) is 6.20. The average molecular weight is 313 g/mol. The van der Waals surface area contributed by atoms with Crippen molar-refractivity contribution >= 4 is 36.0 Å². The van der Waals surface area contributed by atoms with E-state index in [0.717, 1.165) is 0 Å². The number of carbonyl (C=O) groups is 2. The van der Waals surface area contributed by atoms with Gasteiger partial charge in [-0.05, 0) is 31.5 Å². The first-order chi connectivity index (χ1) is 9.37. The number of nitrogens with one attached hydrogen (secondary N) is 1. The van der Waals surface area contributed by atoms with Crippen LogP contribution in [0.15, 0.2) is 23.1 Å². The van der Waals surface area contributed by atoms with Crippen LogP contribution in [0.5, 0.6) is 0 Å². The lowest BCUT2D eigenvalue weighted by Crippen LogP contribution is -2.40. The van der Waals surface area contributed by atoms with Gasteiger partial charge in [0.2, 0.25) is 5.91 Å². The van der Waals surface area contributed by atoms with Gasteiger partial charge in [0.15, 0.2) is 0 Å². The monoisotopic (exact) mass is 312 g/mol. The van der Waals surface area contributed by atoms with Gasteiger partial charge in [-0.15, -0.1) is 12.6 Å². The first kappa shape index (κ1) is 15.2. The lowest BCUT2D eigenvalue weighted by atomic mass is 9.89. The molecule has 0 bridgehead atoms. The standard InChI is InChI=1S/C14H17ClN2O2S/c1-14(13(19)16-2)5-6-17(8-14)12(18)10-7-9(20)3-4-11(10)15/h3-4,7,20H,5-6,8H2,1-2H3,(H,16,19). The van der Waals surface area contributed by atoms with E-state index in [9.17, 15) is 9.59 Å². The minimum atomic E-state index is -0.532. The van der Waals surface area contributed by atoms with E-state index in [1.165, 1.54) is 0 Å². The van der Waals surface area contributed by atoms with Crippen molar-refractivity contribution in [3.05, 3.63) is 28.8 Å². The van der Waals surface area contributed by atoms with Gasteiger partial charge in [0.25, 0.3) is 5.91 Å². The second-order valence-electron chi connectivity index (χ2n) is 5.28. The Balaban J connectivity index is 2.20. The molecule has 20 heavy (non-hydrogen) atoms. The molecule has 1 saturated heterocycles. The number of nitrogens with zero attached hydrogens (tertiary/aromatic N) is 1. The predicted molar refractivity (Wildman–Crippen MR) is 81.4 cm³/mol. The van der Waals surface area contributed by atoms with Crippen LogP contribution in [0.4, 0.5) is 0 Å². The van der Waals surface area contributed by atoms with Crippen molar-refractivity contribution in [3.8, 4) is 0 Å². The molecule has 1 heterocycles. The van der Waals surface area contributed by atoms with Gasteiger partial charge in [0.1, 0.15) is 0 Å². The minimum absolute atomic E-state index is 0.0400. The Morgan fingerprint density at radius 2 is 2.15 bits per heavy atom. The van der Waals surface area contributed by atoms with Gasteiger partial charge in [-0.25, -0.2) is 0 Å². The molecule has 1 aromatic carbocycles. The molecule has 0 aromatic heterocycles. The SMILES string of the molecule is CNC(=O)C1(C)CCN(C(=O)c2cc(S)ccc2Cl)C1. The van der Waals surface area contributed by atoms with Crippen LogP contribution in [0.25, 0.3) is 0 Å². The van der Waals surface area contributed by atoms with Crippen molar-refractivity contribution < 1.29 is 9.59 Å². The highest BCUT2D eigenvalue weighted by atomic mass is 35.5. The molecular formula is C14H17ClN2O2S. The van der Waals surface area contributed by atoms with E-state index in [0.29, 0.717) is 35.0 Å². The minimum Gasteiger partial charge on any atom is -0.359 e. The first-order valence-electron chi connectivity index (χ1n) is 6.37. The van der Waals surface area contributed by atoms with Crippen LogP contribution in [0.2, 0.25) is 5.02 Å². The number of hydrogen-bond donors (Lipinski definition) is 2. The number of benzene rings is 1. The molecule has 0 radical (unpaired) electrons. The molecule has 0 aliphatic carbocycles. The fourth-order valence-corrected chi connectivity index (χ4v) is 2.87. The van der Waals surface area contributed by atoms with Gasteiger partial charge >= 0.3 is 0 Å². The van der Waals surface area contributed by atoms with Crippen molar-refractivity contribution in [2.45, 2.75) is 18.2 Å².